The van der Waals surface area contributed by atoms with Crippen LogP contribution in [0.4, 0.5) is 4.79 Å². The summed E-state index contributed by atoms with van der Waals surface area (Å²) in [7, 11) is -3.98. The molecule has 0 radical (unpaired) electrons. The minimum atomic E-state index is -3.98. The van der Waals surface area contributed by atoms with E-state index in [9.17, 15) is 18.0 Å². The van der Waals surface area contributed by atoms with Gasteiger partial charge in [-0.25, -0.2) is 13.2 Å². The second-order valence-corrected chi connectivity index (χ2v) is 8.65. The largest absolute Gasteiger partial charge is 0.490 e. The lowest BCUT2D eigenvalue weighted by Gasteiger charge is -2.22. The number of ether oxygens (including phenoxy) is 3. The van der Waals surface area contributed by atoms with Gasteiger partial charge in [0.05, 0.1) is 24.7 Å². The molecule has 0 aromatic heterocycles. The number of sulfonamides is 1. The molecule has 1 heterocycles. The van der Waals surface area contributed by atoms with Gasteiger partial charge in [-0.15, -0.1) is 0 Å². The molecule has 1 aromatic carbocycles. The number of rotatable bonds is 9. The van der Waals surface area contributed by atoms with E-state index in [0.717, 1.165) is 0 Å². The second-order valence-electron chi connectivity index (χ2n) is 6.94. The minimum absolute atomic E-state index is 0.0193. The molecule has 1 atom stereocenters. The van der Waals surface area contributed by atoms with Crippen molar-refractivity contribution < 1.29 is 32.2 Å². The average molecular weight is 444 g/mol. The first kappa shape index (κ1) is 23.7. The summed E-state index contributed by atoms with van der Waals surface area (Å²) >= 11 is 0. The smallest absolute Gasteiger partial charge is 0.407 e. The van der Waals surface area contributed by atoms with E-state index < -0.39 is 28.1 Å². The molecule has 168 valence electrons. The molecule has 1 aliphatic heterocycles. The fourth-order valence-corrected chi connectivity index (χ4v) is 4.04. The van der Waals surface area contributed by atoms with Gasteiger partial charge in [-0.05, 0) is 25.0 Å². The highest BCUT2D eigenvalue weighted by molar-refractivity contribution is 7.89. The van der Waals surface area contributed by atoms with E-state index in [1.165, 1.54) is 12.1 Å². The maximum Gasteiger partial charge on any atom is 0.407 e. The van der Waals surface area contributed by atoms with E-state index in [1.54, 1.807) is 26.8 Å². The summed E-state index contributed by atoms with van der Waals surface area (Å²) in [6.07, 6.45) is 0.123. The van der Waals surface area contributed by atoms with E-state index in [-0.39, 0.29) is 30.5 Å². The fraction of sp³-hybridized carbons (Fsp3) is 0.579. The van der Waals surface area contributed by atoms with Crippen molar-refractivity contribution in [1.82, 2.24) is 15.4 Å². The number of nitrogens with one attached hydrogen (secondary N) is 3. The first-order valence-corrected chi connectivity index (χ1v) is 11.3. The van der Waals surface area contributed by atoms with Crippen LogP contribution in [-0.4, -0.2) is 59.4 Å². The summed E-state index contributed by atoms with van der Waals surface area (Å²) in [4.78, 5) is 23.7. The van der Waals surface area contributed by atoms with Gasteiger partial charge in [-0.3, -0.25) is 4.79 Å². The molecule has 0 saturated carbocycles. The van der Waals surface area contributed by atoms with Crippen molar-refractivity contribution in [2.75, 3.05) is 32.9 Å². The number of hydrogen-bond acceptors (Lipinski definition) is 7. The highest BCUT2D eigenvalue weighted by atomic mass is 32.2. The molecular weight excluding hydrogens is 414 g/mol. The molecule has 0 bridgehead atoms. The van der Waals surface area contributed by atoms with Crippen molar-refractivity contribution in [2.45, 2.75) is 38.1 Å². The zero-order chi connectivity index (χ0) is 22.1. The van der Waals surface area contributed by atoms with Crippen LogP contribution >= 0.6 is 0 Å². The third-order valence-corrected chi connectivity index (χ3v) is 5.67. The summed E-state index contributed by atoms with van der Waals surface area (Å²) in [5.41, 5.74) is 0. The van der Waals surface area contributed by atoms with E-state index in [0.29, 0.717) is 31.1 Å². The number of fused-ring (bicyclic) bond motifs is 1. The lowest BCUT2D eigenvalue weighted by molar-refractivity contribution is -0.123. The Balaban J connectivity index is 2.01. The van der Waals surface area contributed by atoms with Crippen LogP contribution in [0.15, 0.2) is 23.1 Å². The molecule has 1 aliphatic rings. The standard InChI is InChI=1S/C19H29N3O7S/c1-4-27-19(24)21-9-8-20-18(23)17(13(2)3)22-30(25,26)14-6-7-15-16(12-14)29-11-5-10-28-15/h6-7,12-13,17,22H,4-5,8-11H2,1-3H3,(H,20,23)(H,21,24). The average Bonchev–Trinajstić information content (AvgIpc) is 2.94. The maximum atomic E-state index is 12.9. The van der Waals surface area contributed by atoms with Gasteiger partial charge in [0.15, 0.2) is 11.5 Å². The molecule has 1 aromatic rings. The Bertz CT molecular complexity index is 843. The molecule has 30 heavy (non-hydrogen) atoms. The molecule has 0 saturated heterocycles. The summed E-state index contributed by atoms with van der Waals surface area (Å²) in [5, 5.41) is 5.09. The molecular formula is C19H29N3O7S. The van der Waals surface area contributed by atoms with Crippen LogP contribution in [-0.2, 0) is 19.6 Å². The Labute approximate surface area is 176 Å². The van der Waals surface area contributed by atoms with Crippen molar-refractivity contribution >= 4 is 22.0 Å². The van der Waals surface area contributed by atoms with Crippen LogP contribution < -0.4 is 24.8 Å². The normalized spacial score (nSPS) is 14.5. The predicted molar refractivity (Wildman–Crippen MR) is 109 cm³/mol. The van der Waals surface area contributed by atoms with Gasteiger partial charge in [-0.2, -0.15) is 4.72 Å². The summed E-state index contributed by atoms with van der Waals surface area (Å²) < 4.78 is 43.9. The van der Waals surface area contributed by atoms with Gasteiger partial charge >= 0.3 is 6.09 Å². The monoisotopic (exact) mass is 443 g/mol. The number of hydrogen-bond donors (Lipinski definition) is 3. The van der Waals surface area contributed by atoms with Gasteiger partial charge < -0.3 is 24.8 Å². The maximum absolute atomic E-state index is 12.9. The van der Waals surface area contributed by atoms with Gasteiger partial charge in [0, 0.05) is 25.6 Å². The highest BCUT2D eigenvalue weighted by Gasteiger charge is 2.29. The second kappa shape index (κ2) is 11.0. The third kappa shape index (κ3) is 6.77. The van der Waals surface area contributed by atoms with Crippen LogP contribution in [0.25, 0.3) is 0 Å². The van der Waals surface area contributed by atoms with Crippen molar-refractivity contribution in [2.24, 2.45) is 5.92 Å². The van der Waals surface area contributed by atoms with Crippen LogP contribution in [0.5, 0.6) is 11.5 Å². The van der Waals surface area contributed by atoms with Crippen molar-refractivity contribution in [1.29, 1.82) is 0 Å². The SMILES string of the molecule is CCOC(=O)NCCNC(=O)C(NS(=O)(=O)c1ccc2c(c1)OCCCO2)C(C)C. The summed E-state index contributed by atoms with van der Waals surface area (Å²) in [6.45, 7) is 6.62. The molecule has 1 unspecified atom stereocenters. The molecule has 10 nitrogen and oxygen atoms in total. The Hall–Kier alpha value is -2.53. The minimum Gasteiger partial charge on any atom is -0.490 e. The van der Waals surface area contributed by atoms with E-state index >= 15 is 0 Å². The fourth-order valence-electron chi connectivity index (χ4n) is 2.68. The van der Waals surface area contributed by atoms with Crippen molar-refractivity contribution in [3.8, 4) is 11.5 Å². The van der Waals surface area contributed by atoms with Crippen molar-refractivity contribution in [3.05, 3.63) is 18.2 Å². The topological polar surface area (TPSA) is 132 Å². The molecule has 3 N–H and O–H groups in total. The molecule has 2 rings (SSSR count). The zero-order valence-electron chi connectivity index (χ0n) is 17.4. The first-order valence-electron chi connectivity index (χ1n) is 9.85. The molecule has 11 heteroatoms. The van der Waals surface area contributed by atoms with Crippen molar-refractivity contribution in [3.63, 3.8) is 0 Å². The highest BCUT2D eigenvalue weighted by Crippen LogP contribution is 2.32. The molecule has 0 spiro atoms. The third-order valence-electron chi connectivity index (χ3n) is 4.23. The quantitative estimate of drug-likeness (QED) is 0.485. The lowest BCUT2D eigenvalue weighted by Crippen LogP contribution is -2.50. The Morgan fingerprint density at radius 2 is 1.77 bits per heavy atom. The van der Waals surface area contributed by atoms with E-state index in [4.69, 9.17) is 14.2 Å². The number of carbonyl (C=O) groups excluding carboxylic acids is 2. The number of amides is 2. The van der Waals surface area contributed by atoms with Crippen LogP contribution in [0.1, 0.15) is 27.2 Å². The molecule has 0 fully saturated rings. The van der Waals surface area contributed by atoms with E-state index in [1.807, 2.05) is 0 Å². The van der Waals surface area contributed by atoms with Gasteiger partial charge in [0.1, 0.15) is 6.04 Å². The predicted octanol–water partition coefficient (Wildman–Crippen LogP) is 1.01. The van der Waals surface area contributed by atoms with Gasteiger partial charge in [0.25, 0.3) is 0 Å². The zero-order valence-corrected chi connectivity index (χ0v) is 18.2. The Morgan fingerprint density at radius 3 is 2.43 bits per heavy atom. The lowest BCUT2D eigenvalue weighted by atomic mass is 10.1. The van der Waals surface area contributed by atoms with Crippen LogP contribution in [0.3, 0.4) is 0 Å². The summed E-state index contributed by atoms with van der Waals surface area (Å²) in [5.74, 6) is 0.0384. The summed E-state index contributed by atoms with van der Waals surface area (Å²) in [6, 6.07) is 3.35. The molecule has 0 aliphatic carbocycles. The first-order chi connectivity index (χ1) is 14.2. The number of alkyl carbamates (subject to hydrolysis) is 1. The van der Waals surface area contributed by atoms with Gasteiger partial charge in [0.2, 0.25) is 15.9 Å². The molecule has 2 amide bonds. The number of benzene rings is 1. The Morgan fingerprint density at radius 1 is 1.10 bits per heavy atom. The van der Waals surface area contributed by atoms with E-state index in [2.05, 4.69) is 15.4 Å². The Kier molecular flexibility index (Phi) is 8.72. The van der Waals surface area contributed by atoms with Crippen LogP contribution in [0, 0.1) is 5.92 Å². The number of carbonyl (C=O) groups is 2. The van der Waals surface area contributed by atoms with Crippen LogP contribution in [0.2, 0.25) is 0 Å². The van der Waals surface area contributed by atoms with Gasteiger partial charge in [-0.1, -0.05) is 13.8 Å².